The zero-order valence-electron chi connectivity index (χ0n) is 16.0. The van der Waals surface area contributed by atoms with Gasteiger partial charge < -0.3 is 4.74 Å². The van der Waals surface area contributed by atoms with Crippen molar-refractivity contribution >= 4 is 10.9 Å². The standard InChI is InChI=1S/C24H18N4O2/c29-24-22(18-11-13-25-14-12-18)23(27-28-24)19-7-5-16(6-8-19)15-30-21-10-9-17-3-1-2-4-20(17)26-21/h1-14H,15H2,(H2,27,28,29). The first kappa shape index (κ1) is 17.9. The molecule has 0 spiro atoms. The van der Waals surface area contributed by atoms with Gasteiger partial charge in [-0.15, -0.1) is 0 Å². The Bertz CT molecular complexity index is 1360. The van der Waals surface area contributed by atoms with Crippen LogP contribution in [-0.4, -0.2) is 20.2 Å². The summed E-state index contributed by atoms with van der Waals surface area (Å²) >= 11 is 0. The van der Waals surface area contributed by atoms with Gasteiger partial charge in [0.15, 0.2) is 0 Å². The number of rotatable bonds is 5. The fourth-order valence-corrected chi connectivity index (χ4v) is 3.42. The highest BCUT2D eigenvalue weighted by Gasteiger charge is 2.14. The van der Waals surface area contributed by atoms with E-state index in [2.05, 4.69) is 20.2 Å². The predicted molar refractivity (Wildman–Crippen MR) is 116 cm³/mol. The second-order valence-electron chi connectivity index (χ2n) is 6.89. The van der Waals surface area contributed by atoms with E-state index in [0.29, 0.717) is 18.1 Å². The molecule has 3 heterocycles. The fraction of sp³-hybridized carbons (Fsp3) is 0.0417. The van der Waals surface area contributed by atoms with Crippen LogP contribution in [0.3, 0.4) is 0 Å². The Labute approximate surface area is 172 Å². The Morgan fingerprint density at radius 1 is 0.800 bits per heavy atom. The van der Waals surface area contributed by atoms with Crippen molar-refractivity contribution in [2.24, 2.45) is 0 Å². The number of aromatic nitrogens is 4. The van der Waals surface area contributed by atoms with E-state index < -0.39 is 0 Å². The topological polar surface area (TPSA) is 83.7 Å². The lowest BCUT2D eigenvalue weighted by Crippen LogP contribution is -2.01. The van der Waals surface area contributed by atoms with Crippen molar-refractivity contribution < 1.29 is 4.74 Å². The molecule has 2 N–H and O–H groups in total. The second-order valence-corrected chi connectivity index (χ2v) is 6.89. The normalized spacial score (nSPS) is 10.9. The van der Waals surface area contributed by atoms with Gasteiger partial charge in [-0.3, -0.25) is 20.0 Å². The molecule has 5 rings (SSSR count). The first-order chi connectivity index (χ1) is 14.8. The zero-order valence-corrected chi connectivity index (χ0v) is 16.0. The van der Waals surface area contributed by atoms with Crippen LogP contribution < -0.4 is 10.3 Å². The molecular formula is C24H18N4O2. The molecule has 0 bridgehead atoms. The quantitative estimate of drug-likeness (QED) is 0.458. The zero-order chi connectivity index (χ0) is 20.3. The minimum Gasteiger partial charge on any atom is -0.473 e. The average Bonchev–Trinajstić information content (AvgIpc) is 3.20. The van der Waals surface area contributed by atoms with Crippen molar-refractivity contribution in [2.75, 3.05) is 0 Å². The third kappa shape index (κ3) is 3.46. The molecule has 146 valence electrons. The molecule has 30 heavy (non-hydrogen) atoms. The van der Waals surface area contributed by atoms with E-state index >= 15 is 0 Å². The minimum absolute atomic E-state index is 0.161. The van der Waals surface area contributed by atoms with Gasteiger partial charge in [-0.1, -0.05) is 42.5 Å². The number of pyridine rings is 2. The first-order valence-corrected chi connectivity index (χ1v) is 9.57. The molecule has 0 unspecified atom stereocenters. The Morgan fingerprint density at radius 2 is 1.60 bits per heavy atom. The molecule has 0 saturated heterocycles. The lowest BCUT2D eigenvalue weighted by Gasteiger charge is -2.08. The maximum absolute atomic E-state index is 12.3. The van der Waals surface area contributed by atoms with Crippen LogP contribution in [-0.2, 0) is 6.61 Å². The van der Waals surface area contributed by atoms with Gasteiger partial charge in [0, 0.05) is 29.4 Å². The molecule has 6 nitrogen and oxygen atoms in total. The van der Waals surface area contributed by atoms with Gasteiger partial charge in [0.25, 0.3) is 5.56 Å². The molecule has 0 atom stereocenters. The van der Waals surface area contributed by atoms with Gasteiger partial charge in [0.1, 0.15) is 6.61 Å². The van der Waals surface area contributed by atoms with E-state index in [0.717, 1.165) is 33.3 Å². The van der Waals surface area contributed by atoms with Crippen LogP contribution in [0.4, 0.5) is 0 Å². The Kier molecular flexibility index (Phi) is 4.57. The van der Waals surface area contributed by atoms with Crippen molar-refractivity contribution in [3.8, 4) is 28.3 Å². The van der Waals surface area contributed by atoms with Crippen LogP contribution in [0.5, 0.6) is 5.88 Å². The lowest BCUT2D eigenvalue weighted by molar-refractivity contribution is 0.295. The monoisotopic (exact) mass is 394 g/mol. The largest absolute Gasteiger partial charge is 0.473 e. The molecule has 0 radical (unpaired) electrons. The van der Waals surface area contributed by atoms with Gasteiger partial charge in [-0.25, -0.2) is 4.98 Å². The number of hydrogen-bond acceptors (Lipinski definition) is 4. The molecule has 0 aliphatic heterocycles. The molecule has 3 aromatic heterocycles. The van der Waals surface area contributed by atoms with Crippen LogP contribution in [0.1, 0.15) is 5.56 Å². The number of nitrogens with zero attached hydrogens (tertiary/aromatic N) is 2. The highest BCUT2D eigenvalue weighted by atomic mass is 16.5. The number of H-pyrrole nitrogens is 2. The molecule has 2 aromatic carbocycles. The van der Waals surface area contributed by atoms with Gasteiger partial charge in [-0.2, -0.15) is 0 Å². The number of ether oxygens (including phenoxy) is 1. The maximum atomic E-state index is 12.3. The van der Waals surface area contributed by atoms with Crippen molar-refractivity contribution in [3.05, 3.63) is 101 Å². The van der Waals surface area contributed by atoms with Crippen LogP contribution in [0, 0.1) is 0 Å². The Balaban J connectivity index is 1.36. The van der Waals surface area contributed by atoms with E-state index in [9.17, 15) is 4.79 Å². The molecule has 0 fully saturated rings. The third-order valence-electron chi connectivity index (χ3n) is 4.95. The number of nitrogens with one attached hydrogen (secondary N) is 2. The highest BCUT2D eigenvalue weighted by molar-refractivity contribution is 5.80. The summed E-state index contributed by atoms with van der Waals surface area (Å²) in [7, 11) is 0. The molecule has 0 aliphatic rings. The summed E-state index contributed by atoms with van der Waals surface area (Å²) < 4.78 is 5.86. The number of fused-ring (bicyclic) bond motifs is 1. The van der Waals surface area contributed by atoms with Gasteiger partial charge in [0.2, 0.25) is 5.88 Å². The summed E-state index contributed by atoms with van der Waals surface area (Å²) in [5.41, 5.74) is 4.83. The van der Waals surface area contributed by atoms with E-state index in [1.807, 2.05) is 72.8 Å². The molecular weight excluding hydrogens is 376 g/mol. The summed E-state index contributed by atoms with van der Waals surface area (Å²) in [5.74, 6) is 0.590. The first-order valence-electron chi connectivity index (χ1n) is 9.57. The third-order valence-corrected chi connectivity index (χ3v) is 4.95. The summed E-state index contributed by atoms with van der Waals surface area (Å²) in [6.45, 7) is 0.409. The summed E-state index contributed by atoms with van der Waals surface area (Å²) in [6, 6.07) is 23.4. The van der Waals surface area contributed by atoms with Gasteiger partial charge >= 0.3 is 0 Å². The second kappa shape index (κ2) is 7.67. The van der Waals surface area contributed by atoms with E-state index in [1.165, 1.54) is 0 Å². The summed E-state index contributed by atoms with van der Waals surface area (Å²) in [4.78, 5) is 20.9. The fourth-order valence-electron chi connectivity index (χ4n) is 3.42. The highest BCUT2D eigenvalue weighted by Crippen LogP contribution is 2.27. The smallest absolute Gasteiger partial charge is 0.272 e. The van der Waals surface area contributed by atoms with Crippen molar-refractivity contribution in [1.82, 2.24) is 20.2 Å². The molecule has 0 aliphatic carbocycles. The summed E-state index contributed by atoms with van der Waals surface area (Å²) in [6.07, 6.45) is 3.35. The number of benzene rings is 2. The maximum Gasteiger partial charge on any atom is 0.272 e. The van der Waals surface area contributed by atoms with Crippen molar-refractivity contribution in [2.45, 2.75) is 6.61 Å². The minimum atomic E-state index is -0.161. The van der Waals surface area contributed by atoms with Crippen LogP contribution in [0.15, 0.2) is 90.0 Å². The number of para-hydroxylation sites is 1. The SMILES string of the molecule is O=c1[nH][nH]c(-c2ccc(COc3ccc4ccccc4n3)cc2)c1-c1ccncc1. The van der Waals surface area contributed by atoms with Crippen molar-refractivity contribution in [3.63, 3.8) is 0 Å². The average molecular weight is 394 g/mol. The molecule has 0 amide bonds. The van der Waals surface area contributed by atoms with E-state index in [-0.39, 0.29) is 5.56 Å². The Hall–Kier alpha value is -4.19. The van der Waals surface area contributed by atoms with Crippen LogP contribution in [0.25, 0.3) is 33.3 Å². The molecule has 6 heteroatoms. The molecule has 0 saturated carbocycles. The van der Waals surface area contributed by atoms with E-state index in [1.54, 1.807) is 12.4 Å². The van der Waals surface area contributed by atoms with Crippen LogP contribution in [0.2, 0.25) is 0 Å². The lowest BCUT2D eigenvalue weighted by atomic mass is 10.0. The van der Waals surface area contributed by atoms with Crippen LogP contribution >= 0.6 is 0 Å². The van der Waals surface area contributed by atoms with Crippen molar-refractivity contribution in [1.29, 1.82) is 0 Å². The molecule has 5 aromatic rings. The Morgan fingerprint density at radius 3 is 2.43 bits per heavy atom. The number of aromatic amines is 2. The van der Waals surface area contributed by atoms with Gasteiger partial charge in [-0.05, 0) is 35.4 Å². The number of hydrogen-bond donors (Lipinski definition) is 2. The summed E-state index contributed by atoms with van der Waals surface area (Å²) in [5, 5.41) is 6.74. The van der Waals surface area contributed by atoms with Gasteiger partial charge in [0.05, 0.1) is 16.8 Å². The predicted octanol–water partition coefficient (Wildman–Crippen LogP) is 4.56. The van der Waals surface area contributed by atoms with E-state index in [4.69, 9.17) is 4.74 Å².